The Morgan fingerprint density at radius 2 is 2.45 bits per heavy atom. The van der Waals surface area contributed by atoms with E-state index < -0.39 is 5.97 Å². The van der Waals surface area contributed by atoms with Gasteiger partial charge in [-0.15, -0.1) is 0 Å². The lowest BCUT2D eigenvalue weighted by Gasteiger charge is -1.98. The average Bonchev–Trinajstić information content (AvgIpc) is 2.03. The summed E-state index contributed by atoms with van der Waals surface area (Å²) in [6.07, 6.45) is 4.99. The third-order valence-corrected chi connectivity index (χ3v) is 1.24. The van der Waals surface area contributed by atoms with Crippen molar-refractivity contribution in [3.63, 3.8) is 0 Å². The van der Waals surface area contributed by atoms with E-state index in [-0.39, 0.29) is 6.42 Å². The van der Waals surface area contributed by atoms with Gasteiger partial charge in [0.1, 0.15) is 6.20 Å². The summed E-state index contributed by atoms with van der Waals surface area (Å²) in [5.41, 5.74) is 0. The predicted molar refractivity (Wildman–Crippen MR) is 34.1 cm³/mol. The molecule has 0 fully saturated rings. The van der Waals surface area contributed by atoms with Crippen molar-refractivity contribution in [2.45, 2.75) is 13.0 Å². The van der Waals surface area contributed by atoms with Gasteiger partial charge >= 0.3 is 0 Å². The second-order valence-electron chi connectivity index (χ2n) is 2.11. The number of aromatic nitrogens is 2. The van der Waals surface area contributed by atoms with Gasteiger partial charge in [0.05, 0.1) is 12.7 Å². The van der Waals surface area contributed by atoms with Crippen LogP contribution in [0.15, 0.2) is 24.8 Å². The minimum absolute atomic E-state index is 0.0242. The summed E-state index contributed by atoms with van der Waals surface area (Å²) >= 11 is 0. The van der Waals surface area contributed by atoms with Crippen molar-refractivity contribution in [2.75, 3.05) is 0 Å². The van der Waals surface area contributed by atoms with Crippen molar-refractivity contribution in [3.8, 4) is 0 Å². The number of hydrogen-bond acceptors (Lipinski definition) is 3. The Morgan fingerprint density at radius 3 is 3.00 bits per heavy atom. The van der Waals surface area contributed by atoms with Crippen LogP contribution < -0.4 is 9.67 Å². The Balaban J connectivity index is 2.45. The number of carbonyl (C=O) groups excluding carboxylic acids is 1. The summed E-state index contributed by atoms with van der Waals surface area (Å²) in [6.45, 7) is 0.413. The topological polar surface area (TPSA) is 56.9 Å². The quantitative estimate of drug-likeness (QED) is 0.496. The van der Waals surface area contributed by atoms with Gasteiger partial charge in [0, 0.05) is 18.5 Å². The van der Waals surface area contributed by atoms with Gasteiger partial charge in [-0.3, -0.25) is 0 Å². The highest BCUT2D eigenvalue weighted by Crippen LogP contribution is 1.76. The fourth-order valence-corrected chi connectivity index (χ4v) is 0.714. The molecule has 0 aliphatic carbocycles. The van der Waals surface area contributed by atoms with Gasteiger partial charge < -0.3 is 9.90 Å². The summed E-state index contributed by atoms with van der Waals surface area (Å²) in [7, 11) is 0. The molecule has 58 valence electrons. The molecule has 11 heavy (non-hydrogen) atoms. The number of rotatable bonds is 3. The van der Waals surface area contributed by atoms with Crippen LogP contribution in [0.2, 0.25) is 0 Å². The van der Waals surface area contributed by atoms with Crippen LogP contribution in [0.4, 0.5) is 0 Å². The zero-order chi connectivity index (χ0) is 8.10. The van der Waals surface area contributed by atoms with Crippen molar-refractivity contribution >= 4 is 5.97 Å². The third kappa shape index (κ3) is 2.75. The Hall–Kier alpha value is -1.45. The molecule has 0 amide bonds. The Bertz CT molecular complexity index is 235. The minimum Gasteiger partial charge on any atom is -0.550 e. The standard InChI is InChI=1S/C7H8N2O2/c10-7(11)2-5-9-4-1-3-8-6-9/h1,3-4,6H,2,5H2. The molecule has 1 heterocycles. The third-order valence-electron chi connectivity index (χ3n) is 1.24. The Morgan fingerprint density at radius 1 is 1.64 bits per heavy atom. The van der Waals surface area contributed by atoms with Gasteiger partial charge in [0.15, 0.2) is 0 Å². The first-order valence-corrected chi connectivity index (χ1v) is 3.28. The molecule has 0 aliphatic heterocycles. The van der Waals surface area contributed by atoms with Gasteiger partial charge in [0.2, 0.25) is 0 Å². The molecule has 0 radical (unpaired) electrons. The van der Waals surface area contributed by atoms with Gasteiger partial charge in [0.25, 0.3) is 6.33 Å². The van der Waals surface area contributed by atoms with Crippen LogP contribution in [0.1, 0.15) is 6.42 Å². The molecule has 0 N–H and O–H groups in total. The number of carboxylic acids is 1. The van der Waals surface area contributed by atoms with E-state index in [1.807, 2.05) is 0 Å². The maximum Gasteiger partial charge on any atom is 0.286 e. The molecule has 4 nitrogen and oxygen atoms in total. The molecule has 0 atom stereocenters. The zero-order valence-electron chi connectivity index (χ0n) is 5.93. The van der Waals surface area contributed by atoms with Crippen molar-refractivity contribution in [1.82, 2.24) is 4.98 Å². The summed E-state index contributed by atoms with van der Waals surface area (Å²) in [5, 5.41) is 10.0. The van der Waals surface area contributed by atoms with E-state index >= 15 is 0 Å². The van der Waals surface area contributed by atoms with E-state index in [0.717, 1.165) is 0 Å². The van der Waals surface area contributed by atoms with E-state index in [2.05, 4.69) is 4.98 Å². The highest BCUT2D eigenvalue weighted by Gasteiger charge is 1.94. The SMILES string of the molecule is O=C([O-])CC[n+]1cccnc1. The highest BCUT2D eigenvalue weighted by molar-refractivity contribution is 5.63. The van der Waals surface area contributed by atoms with Crippen LogP contribution in [-0.4, -0.2) is 11.0 Å². The molecule has 0 unspecified atom stereocenters. The number of carbonyl (C=O) groups is 1. The second-order valence-corrected chi connectivity index (χ2v) is 2.11. The van der Waals surface area contributed by atoms with E-state index in [1.165, 1.54) is 0 Å². The molecular weight excluding hydrogens is 144 g/mol. The van der Waals surface area contributed by atoms with Crippen molar-refractivity contribution in [2.24, 2.45) is 0 Å². The van der Waals surface area contributed by atoms with Crippen LogP contribution in [0, 0.1) is 0 Å². The highest BCUT2D eigenvalue weighted by atomic mass is 16.4. The fourth-order valence-electron chi connectivity index (χ4n) is 0.714. The fraction of sp³-hybridized carbons (Fsp3) is 0.286. The first kappa shape index (κ1) is 7.65. The lowest BCUT2D eigenvalue weighted by atomic mass is 10.4. The van der Waals surface area contributed by atoms with Gasteiger partial charge in [-0.2, -0.15) is 0 Å². The molecule has 0 saturated carbocycles. The predicted octanol–water partition coefficient (Wildman–Crippen LogP) is -1.49. The Labute approximate surface area is 64.1 Å². The smallest absolute Gasteiger partial charge is 0.286 e. The lowest BCUT2D eigenvalue weighted by molar-refractivity contribution is -0.699. The molecule has 0 bridgehead atoms. The van der Waals surface area contributed by atoms with Crippen LogP contribution in [-0.2, 0) is 11.3 Å². The summed E-state index contributed by atoms with van der Waals surface area (Å²) in [5.74, 6) is -1.04. The van der Waals surface area contributed by atoms with E-state index in [4.69, 9.17) is 0 Å². The van der Waals surface area contributed by atoms with Gasteiger partial charge in [-0.05, 0) is 0 Å². The molecule has 4 heteroatoms. The molecule has 0 aromatic carbocycles. The molecule has 1 aromatic rings. The molecule has 1 rings (SSSR count). The maximum atomic E-state index is 10.0. The van der Waals surface area contributed by atoms with E-state index in [1.54, 1.807) is 29.4 Å². The molecule has 1 aromatic heterocycles. The molecule has 0 spiro atoms. The first-order valence-electron chi connectivity index (χ1n) is 3.28. The number of carboxylic acid groups (broad SMARTS) is 1. The van der Waals surface area contributed by atoms with E-state index in [0.29, 0.717) is 6.54 Å². The Kier molecular flexibility index (Phi) is 2.54. The van der Waals surface area contributed by atoms with Crippen molar-refractivity contribution in [3.05, 3.63) is 24.8 Å². The molecule has 0 saturated heterocycles. The summed E-state index contributed by atoms with van der Waals surface area (Å²) in [4.78, 5) is 13.8. The zero-order valence-corrected chi connectivity index (χ0v) is 5.93. The number of aryl methyl sites for hydroxylation is 1. The first-order chi connectivity index (χ1) is 5.29. The number of nitrogens with zero attached hydrogens (tertiary/aromatic N) is 2. The average molecular weight is 152 g/mol. The van der Waals surface area contributed by atoms with Gasteiger partial charge in [-0.1, -0.05) is 4.98 Å². The molecule has 0 aliphatic rings. The van der Waals surface area contributed by atoms with Gasteiger partial charge in [-0.25, -0.2) is 4.57 Å². The van der Waals surface area contributed by atoms with Crippen LogP contribution in [0.25, 0.3) is 0 Å². The number of hydrogen-bond donors (Lipinski definition) is 0. The van der Waals surface area contributed by atoms with Crippen LogP contribution in [0.5, 0.6) is 0 Å². The summed E-state index contributed by atoms with van der Waals surface area (Å²) in [6, 6.07) is 1.75. The van der Waals surface area contributed by atoms with Crippen molar-refractivity contribution in [1.29, 1.82) is 0 Å². The number of aliphatic carboxylic acids is 1. The molecular formula is C7H8N2O2. The van der Waals surface area contributed by atoms with E-state index in [9.17, 15) is 9.90 Å². The second kappa shape index (κ2) is 3.65. The largest absolute Gasteiger partial charge is 0.550 e. The van der Waals surface area contributed by atoms with Crippen LogP contribution >= 0.6 is 0 Å². The van der Waals surface area contributed by atoms with Crippen molar-refractivity contribution < 1.29 is 14.5 Å². The normalized spacial score (nSPS) is 9.45. The summed E-state index contributed by atoms with van der Waals surface area (Å²) < 4.78 is 1.69. The minimum atomic E-state index is -1.04. The monoisotopic (exact) mass is 152 g/mol. The lowest BCUT2D eigenvalue weighted by Crippen LogP contribution is -2.37. The van der Waals surface area contributed by atoms with Crippen LogP contribution in [0.3, 0.4) is 0 Å². The maximum absolute atomic E-state index is 10.0.